The maximum absolute atomic E-state index is 5.66. The van der Waals surface area contributed by atoms with E-state index in [9.17, 15) is 0 Å². The van der Waals surface area contributed by atoms with Crippen LogP contribution in [0.5, 0.6) is 0 Å². The molecule has 280 valence electrons. The molecule has 0 unspecified atom stereocenters. The fourth-order valence-corrected chi connectivity index (χ4v) is 11.1. The summed E-state index contributed by atoms with van der Waals surface area (Å²) >= 11 is 3.68. The minimum absolute atomic E-state index is 0.677. The molecule has 0 aliphatic heterocycles. The number of fused-ring (bicyclic) bond motifs is 8. The molecule has 0 aliphatic rings. The highest BCUT2D eigenvalue weighted by Gasteiger charge is 2.20. The number of nitrogens with zero attached hydrogens (tertiary/aromatic N) is 3. The molecule has 4 heterocycles. The molecule has 5 heteroatoms. The molecular formula is C55H33N3S2. The SMILES string of the molecule is c1ccc(-c2cc(-c3ccccc3)nc(-c3cccc(-c4nc5c(-c6cccc(-c7cccc8c7sc7ccccc78)c6)cccc5c5c4sc4ccccc45)c3)n2)cc1. The Balaban J connectivity index is 1.05. The van der Waals surface area contributed by atoms with Gasteiger partial charge in [0, 0.05) is 68.8 Å². The Morgan fingerprint density at radius 1 is 0.317 bits per heavy atom. The summed E-state index contributed by atoms with van der Waals surface area (Å²) in [5.74, 6) is 0.677. The van der Waals surface area contributed by atoms with E-state index < -0.39 is 0 Å². The van der Waals surface area contributed by atoms with E-state index in [2.05, 4.69) is 188 Å². The largest absolute Gasteiger partial charge is 0.246 e. The Morgan fingerprint density at radius 3 is 1.55 bits per heavy atom. The van der Waals surface area contributed by atoms with Crippen molar-refractivity contribution in [3.05, 3.63) is 200 Å². The van der Waals surface area contributed by atoms with Gasteiger partial charge in [0.05, 0.1) is 27.3 Å². The number of hydrogen-bond donors (Lipinski definition) is 0. The van der Waals surface area contributed by atoms with E-state index in [-0.39, 0.29) is 0 Å². The first-order valence-electron chi connectivity index (χ1n) is 20.1. The zero-order valence-electron chi connectivity index (χ0n) is 32.2. The molecule has 0 fully saturated rings. The molecule has 0 aliphatic carbocycles. The molecule has 0 spiro atoms. The van der Waals surface area contributed by atoms with Crippen molar-refractivity contribution in [2.24, 2.45) is 0 Å². The Kier molecular flexibility index (Phi) is 8.22. The van der Waals surface area contributed by atoms with Crippen molar-refractivity contribution in [2.45, 2.75) is 0 Å². The molecule has 8 aromatic carbocycles. The fourth-order valence-electron chi connectivity index (χ4n) is 8.66. The van der Waals surface area contributed by atoms with E-state index in [1.807, 2.05) is 34.8 Å². The van der Waals surface area contributed by atoms with Gasteiger partial charge in [-0.2, -0.15) is 0 Å². The van der Waals surface area contributed by atoms with Gasteiger partial charge in [-0.15, -0.1) is 22.7 Å². The zero-order chi connectivity index (χ0) is 39.6. The van der Waals surface area contributed by atoms with Gasteiger partial charge in [-0.3, -0.25) is 0 Å². The van der Waals surface area contributed by atoms with E-state index in [4.69, 9.17) is 15.0 Å². The average Bonchev–Trinajstić information content (AvgIpc) is 3.91. The van der Waals surface area contributed by atoms with Gasteiger partial charge < -0.3 is 0 Å². The summed E-state index contributed by atoms with van der Waals surface area (Å²) in [4.78, 5) is 16.0. The predicted octanol–water partition coefficient (Wildman–Crippen LogP) is 15.8. The molecule has 0 atom stereocenters. The van der Waals surface area contributed by atoms with Crippen LogP contribution < -0.4 is 0 Å². The van der Waals surface area contributed by atoms with Crippen LogP contribution in [0.15, 0.2) is 200 Å². The second kappa shape index (κ2) is 14.2. The topological polar surface area (TPSA) is 38.7 Å². The molecule has 3 nitrogen and oxygen atoms in total. The summed E-state index contributed by atoms with van der Waals surface area (Å²) in [5.41, 5.74) is 12.5. The molecule has 0 saturated heterocycles. The van der Waals surface area contributed by atoms with Crippen LogP contribution in [0.3, 0.4) is 0 Å². The Labute approximate surface area is 354 Å². The minimum Gasteiger partial charge on any atom is -0.246 e. The summed E-state index contributed by atoms with van der Waals surface area (Å²) in [6.45, 7) is 0. The molecular weight excluding hydrogens is 767 g/mol. The lowest BCUT2D eigenvalue weighted by Crippen LogP contribution is -1.96. The van der Waals surface area contributed by atoms with Crippen LogP contribution >= 0.6 is 22.7 Å². The first-order chi connectivity index (χ1) is 29.7. The lowest BCUT2D eigenvalue weighted by atomic mass is 9.95. The minimum atomic E-state index is 0.677. The van der Waals surface area contributed by atoms with Crippen molar-refractivity contribution in [1.82, 2.24) is 15.0 Å². The predicted molar refractivity (Wildman–Crippen MR) is 256 cm³/mol. The lowest BCUT2D eigenvalue weighted by molar-refractivity contribution is 1.18. The van der Waals surface area contributed by atoms with Gasteiger partial charge in [-0.1, -0.05) is 170 Å². The van der Waals surface area contributed by atoms with Crippen molar-refractivity contribution >= 4 is 73.9 Å². The van der Waals surface area contributed by atoms with E-state index >= 15 is 0 Å². The quantitative estimate of drug-likeness (QED) is 0.168. The second-order valence-corrected chi connectivity index (χ2v) is 17.2. The highest BCUT2D eigenvalue weighted by Crippen LogP contribution is 2.46. The first-order valence-corrected chi connectivity index (χ1v) is 21.7. The molecule has 12 rings (SSSR count). The van der Waals surface area contributed by atoms with E-state index in [1.165, 1.54) is 51.5 Å². The van der Waals surface area contributed by atoms with Crippen LogP contribution in [0.4, 0.5) is 0 Å². The Morgan fingerprint density at radius 2 is 0.817 bits per heavy atom. The van der Waals surface area contributed by atoms with Crippen molar-refractivity contribution < 1.29 is 0 Å². The van der Waals surface area contributed by atoms with Crippen LogP contribution in [-0.4, -0.2) is 15.0 Å². The Hall–Kier alpha value is -7.31. The normalized spacial score (nSPS) is 11.7. The van der Waals surface area contributed by atoms with Crippen molar-refractivity contribution in [3.8, 4) is 67.4 Å². The van der Waals surface area contributed by atoms with Gasteiger partial charge in [0.15, 0.2) is 5.82 Å². The standard InChI is InChI=1S/C55H33N3S2/c1-3-15-34(16-4-1)46-33-47(35-17-5-2-6-18-35)57-55(56-46)39-22-12-21-38(32-39)51-54-50(44-24-8-10-30-49(44)60-54)45-28-13-25-40(52(45)58-51)36-19-11-20-37(31-36)41-26-14-27-43-42-23-7-9-29-48(42)59-53(41)43/h1-33H. The van der Waals surface area contributed by atoms with Gasteiger partial charge in [0.1, 0.15) is 0 Å². The van der Waals surface area contributed by atoms with E-state index in [0.717, 1.165) is 61.4 Å². The maximum Gasteiger partial charge on any atom is 0.160 e. The van der Waals surface area contributed by atoms with Crippen LogP contribution in [0.2, 0.25) is 0 Å². The number of para-hydroxylation sites is 1. The first kappa shape index (κ1) is 34.7. The monoisotopic (exact) mass is 799 g/mol. The third-order valence-corrected chi connectivity index (χ3v) is 13.9. The van der Waals surface area contributed by atoms with Gasteiger partial charge in [-0.25, -0.2) is 15.0 Å². The molecule has 12 aromatic rings. The Bertz CT molecular complexity index is 3550. The van der Waals surface area contributed by atoms with Crippen LogP contribution in [0, 0.1) is 0 Å². The van der Waals surface area contributed by atoms with Crippen LogP contribution in [-0.2, 0) is 0 Å². The van der Waals surface area contributed by atoms with Gasteiger partial charge in [0.25, 0.3) is 0 Å². The van der Waals surface area contributed by atoms with E-state index in [0.29, 0.717) is 5.82 Å². The summed E-state index contributed by atoms with van der Waals surface area (Å²) in [6.07, 6.45) is 0. The number of benzene rings is 8. The summed E-state index contributed by atoms with van der Waals surface area (Å²) < 4.78 is 5.04. The summed E-state index contributed by atoms with van der Waals surface area (Å²) in [6, 6.07) is 71.2. The van der Waals surface area contributed by atoms with Crippen LogP contribution in [0.1, 0.15) is 0 Å². The highest BCUT2D eigenvalue weighted by atomic mass is 32.1. The second-order valence-electron chi connectivity index (χ2n) is 15.1. The van der Waals surface area contributed by atoms with E-state index in [1.54, 1.807) is 0 Å². The number of aromatic nitrogens is 3. The highest BCUT2D eigenvalue weighted by molar-refractivity contribution is 7.26. The molecule has 0 N–H and O–H groups in total. The molecule has 60 heavy (non-hydrogen) atoms. The third kappa shape index (κ3) is 5.82. The third-order valence-electron chi connectivity index (χ3n) is 11.5. The van der Waals surface area contributed by atoms with Gasteiger partial charge in [0.2, 0.25) is 0 Å². The average molecular weight is 800 g/mol. The molecule has 0 radical (unpaired) electrons. The van der Waals surface area contributed by atoms with Gasteiger partial charge in [-0.05, 0) is 47.0 Å². The maximum atomic E-state index is 5.66. The van der Waals surface area contributed by atoms with Crippen molar-refractivity contribution in [3.63, 3.8) is 0 Å². The van der Waals surface area contributed by atoms with Gasteiger partial charge >= 0.3 is 0 Å². The molecule has 0 bridgehead atoms. The smallest absolute Gasteiger partial charge is 0.160 e. The van der Waals surface area contributed by atoms with Crippen molar-refractivity contribution in [2.75, 3.05) is 0 Å². The molecule has 0 amide bonds. The van der Waals surface area contributed by atoms with Crippen molar-refractivity contribution in [1.29, 1.82) is 0 Å². The fraction of sp³-hybridized carbons (Fsp3) is 0. The van der Waals surface area contributed by atoms with Crippen LogP contribution in [0.25, 0.3) is 119 Å². The summed E-state index contributed by atoms with van der Waals surface area (Å²) in [5, 5.41) is 6.25. The molecule has 4 aromatic heterocycles. The lowest BCUT2D eigenvalue weighted by Gasteiger charge is -2.13. The number of pyridine rings is 1. The molecule has 0 saturated carbocycles. The number of thiophene rings is 2. The summed E-state index contributed by atoms with van der Waals surface area (Å²) in [7, 11) is 0. The number of hydrogen-bond acceptors (Lipinski definition) is 5. The zero-order valence-corrected chi connectivity index (χ0v) is 33.8. The number of rotatable bonds is 6.